The summed E-state index contributed by atoms with van der Waals surface area (Å²) in [7, 11) is 0. The largest absolute Gasteiger partial charge is 0.481 e. The Labute approximate surface area is 107 Å². The van der Waals surface area contributed by atoms with Crippen molar-refractivity contribution in [1.29, 1.82) is 0 Å². The monoisotopic (exact) mass is 264 g/mol. The summed E-state index contributed by atoms with van der Waals surface area (Å²) in [5.74, 6) is -0.883. The number of hydrogen-bond acceptors (Lipinski definition) is 4. The zero-order valence-electron chi connectivity index (χ0n) is 9.57. The molecule has 0 spiro atoms. The Kier molecular flexibility index (Phi) is 3.88. The maximum atomic E-state index is 11.5. The number of pyridine rings is 1. The topological polar surface area (TPSA) is 72.2 Å². The van der Waals surface area contributed by atoms with Gasteiger partial charge in [-0.15, -0.1) is 11.3 Å². The maximum Gasteiger partial charge on any atom is 0.309 e. The zero-order valence-corrected chi connectivity index (χ0v) is 10.4. The van der Waals surface area contributed by atoms with Crippen LogP contribution in [0.5, 0.6) is 0 Å². The quantitative estimate of drug-likeness (QED) is 0.880. The average molecular weight is 264 g/mol. The number of rotatable bonds is 5. The van der Waals surface area contributed by atoms with Crippen LogP contribution in [0.2, 0.25) is 0 Å². The maximum absolute atomic E-state index is 11.5. The van der Waals surface area contributed by atoms with Crippen molar-refractivity contribution in [3.8, 4) is 0 Å². The fourth-order valence-corrected chi connectivity index (χ4v) is 2.35. The molecular weight excluding hydrogens is 252 g/mol. The van der Waals surface area contributed by atoms with Gasteiger partial charge in [0.15, 0.2) is 0 Å². The molecule has 18 heavy (non-hydrogen) atoms. The van der Waals surface area contributed by atoms with Crippen LogP contribution in [0, 0.1) is 0 Å². The Morgan fingerprint density at radius 1 is 1.44 bits per heavy atom. The summed E-state index contributed by atoms with van der Waals surface area (Å²) in [5, 5.41) is 11.2. The molecule has 0 aliphatic heterocycles. The highest BCUT2D eigenvalue weighted by molar-refractivity contribution is 7.09. The molecule has 94 valence electrons. The Bertz CT molecular complexity index is 603. The lowest BCUT2D eigenvalue weighted by atomic mass is 10.3. The number of aromatic nitrogens is 2. The molecule has 0 saturated heterocycles. The Hall–Kier alpha value is -1.95. The Balaban J connectivity index is 1.98. The number of hydrogen-bond donors (Lipinski definition) is 1. The standard InChI is InChI=1S/C12H12N2O3S/c15-11-3-1-2-5-14(11)6-4-10-13-9(8-18-10)7-12(16)17/h1-3,5,8H,4,6-7H2,(H,16,17). The molecule has 0 bridgehead atoms. The second-order valence-corrected chi connectivity index (χ2v) is 4.73. The van der Waals surface area contributed by atoms with Crippen molar-refractivity contribution in [2.45, 2.75) is 19.4 Å². The van der Waals surface area contributed by atoms with Gasteiger partial charge in [0, 0.05) is 30.6 Å². The summed E-state index contributed by atoms with van der Waals surface area (Å²) >= 11 is 1.43. The minimum Gasteiger partial charge on any atom is -0.481 e. The molecule has 6 heteroatoms. The number of aliphatic carboxylic acids is 1. The van der Waals surface area contributed by atoms with Crippen molar-refractivity contribution < 1.29 is 9.90 Å². The van der Waals surface area contributed by atoms with Crippen LogP contribution < -0.4 is 5.56 Å². The van der Waals surface area contributed by atoms with Gasteiger partial charge in [0.05, 0.1) is 17.1 Å². The van der Waals surface area contributed by atoms with Crippen LogP contribution in [0.1, 0.15) is 10.7 Å². The van der Waals surface area contributed by atoms with Gasteiger partial charge in [0.1, 0.15) is 0 Å². The molecule has 0 saturated carbocycles. The van der Waals surface area contributed by atoms with Gasteiger partial charge in [0.25, 0.3) is 5.56 Å². The minimum atomic E-state index is -0.883. The first kappa shape index (κ1) is 12.5. The molecule has 2 heterocycles. The van der Waals surface area contributed by atoms with Crippen molar-refractivity contribution in [2.24, 2.45) is 0 Å². The van der Waals surface area contributed by atoms with Crippen molar-refractivity contribution in [3.63, 3.8) is 0 Å². The van der Waals surface area contributed by atoms with E-state index in [-0.39, 0.29) is 12.0 Å². The molecule has 1 N–H and O–H groups in total. The first-order valence-electron chi connectivity index (χ1n) is 5.45. The highest BCUT2D eigenvalue weighted by Crippen LogP contribution is 2.11. The van der Waals surface area contributed by atoms with E-state index in [4.69, 9.17) is 5.11 Å². The highest BCUT2D eigenvalue weighted by atomic mass is 32.1. The molecular formula is C12H12N2O3S. The summed E-state index contributed by atoms with van der Waals surface area (Å²) in [5.41, 5.74) is 0.530. The molecule has 0 amide bonds. The van der Waals surface area contributed by atoms with Gasteiger partial charge in [-0.2, -0.15) is 0 Å². The molecule has 0 aliphatic carbocycles. The van der Waals surface area contributed by atoms with E-state index in [1.165, 1.54) is 17.4 Å². The summed E-state index contributed by atoms with van der Waals surface area (Å²) in [6.45, 7) is 0.555. The van der Waals surface area contributed by atoms with E-state index in [0.29, 0.717) is 18.7 Å². The van der Waals surface area contributed by atoms with Crippen LogP contribution in [0.15, 0.2) is 34.6 Å². The normalized spacial score (nSPS) is 10.4. The Morgan fingerprint density at radius 3 is 3.00 bits per heavy atom. The van der Waals surface area contributed by atoms with E-state index in [9.17, 15) is 9.59 Å². The lowest BCUT2D eigenvalue weighted by Crippen LogP contribution is -2.18. The van der Waals surface area contributed by atoms with Crippen LogP contribution in [-0.4, -0.2) is 20.6 Å². The van der Waals surface area contributed by atoms with Crippen LogP contribution in [0.25, 0.3) is 0 Å². The molecule has 0 aromatic carbocycles. The highest BCUT2D eigenvalue weighted by Gasteiger charge is 2.06. The van der Waals surface area contributed by atoms with E-state index in [2.05, 4.69) is 4.98 Å². The first-order valence-corrected chi connectivity index (χ1v) is 6.33. The van der Waals surface area contributed by atoms with Gasteiger partial charge >= 0.3 is 5.97 Å². The van der Waals surface area contributed by atoms with E-state index < -0.39 is 5.97 Å². The zero-order chi connectivity index (χ0) is 13.0. The van der Waals surface area contributed by atoms with E-state index in [0.717, 1.165) is 5.01 Å². The molecule has 2 aromatic heterocycles. The average Bonchev–Trinajstić information content (AvgIpc) is 2.75. The third kappa shape index (κ3) is 3.27. The van der Waals surface area contributed by atoms with Crippen LogP contribution in [0.4, 0.5) is 0 Å². The van der Waals surface area contributed by atoms with Crippen molar-refractivity contribution in [3.05, 3.63) is 50.8 Å². The van der Waals surface area contributed by atoms with Gasteiger partial charge in [-0.05, 0) is 6.07 Å². The van der Waals surface area contributed by atoms with Gasteiger partial charge < -0.3 is 9.67 Å². The second-order valence-electron chi connectivity index (χ2n) is 3.79. The lowest BCUT2D eigenvalue weighted by molar-refractivity contribution is -0.136. The third-order valence-corrected chi connectivity index (χ3v) is 3.35. The van der Waals surface area contributed by atoms with Crippen LogP contribution >= 0.6 is 11.3 Å². The number of carboxylic acid groups (broad SMARTS) is 1. The summed E-state index contributed by atoms with van der Waals surface area (Å²) in [6, 6.07) is 5.02. The molecule has 2 rings (SSSR count). The molecule has 0 fully saturated rings. The smallest absolute Gasteiger partial charge is 0.309 e. The molecule has 0 aliphatic rings. The number of carbonyl (C=O) groups is 1. The Morgan fingerprint density at radius 2 is 2.28 bits per heavy atom. The predicted octanol–water partition coefficient (Wildman–Crippen LogP) is 1.17. The third-order valence-electron chi connectivity index (χ3n) is 2.40. The van der Waals surface area contributed by atoms with E-state index >= 15 is 0 Å². The van der Waals surface area contributed by atoms with Crippen LogP contribution in [-0.2, 0) is 24.2 Å². The summed E-state index contributed by atoms with van der Waals surface area (Å²) < 4.78 is 1.61. The summed E-state index contributed by atoms with van der Waals surface area (Å²) in [6.07, 6.45) is 2.31. The SMILES string of the molecule is O=C(O)Cc1csc(CCn2ccccc2=O)n1. The predicted molar refractivity (Wildman–Crippen MR) is 67.9 cm³/mol. The van der Waals surface area contributed by atoms with Crippen molar-refractivity contribution >= 4 is 17.3 Å². The second kappa shape index (κ2) is 5.59. The fourth-order valence-electron chi connectivity index (χ4n) is 1.56. The van der Waals surface area contributed by atoms with E-state index in [1.807, 2.05) is 0 Å². The number of carboxylic acids is 1. The summed E-state index contributed by atoms with van der Waals surface area (Å²) in [4.78, 5) is 26.2. The first-order chi connectivity index (χ1) is 8.65. The molecule has 0 radical (unpaired) electrons. The lowest BCUT2D eigenvalue weighted by Gasteiger charge is -2.02. The minimum absolute atomic E-state index is 0.0418. The van der Waals surface area contributed by atoms with Crippen molar-refractivity contribution in [2.75, 3.05) is 0 Å². The fraction of sp³-hybridized carbons (Fsp3) is 0.250. The van der Waals surface area contributed by atoms with Crippen molar-refractivity contribution in [1.82, 2.24) is 9.55 Å². The number of aryl methyl sites for hydroxylation is 2. The van der Waals surface area contributed by atoms with Crippen LogP contribution in [0.3, 0.4) is 0 Å². The molecule has 2 aromatic rings. The number of nitrogens with zero attached hydrogens (tertiary/aromatic N) is 2. The molecule has 5 nitrogen and oxygen atoms in total. The van der Waals surface area contributed by atoms with Gasteiger partial charge in [-0.25, -0.2) is 4.98 Å². The van der Waals surface area contributed by atoms with E-state index in [1.54, 1.807) is 28.3 Å². The van der Waals surface area contributed by atoms with Gasteiger partial charge in [-0.1, -0.05) is 6.07 Å². The number of thiazole rings is 1. The van der Waals surface area contributed by atoms with Gasteiger partial charge in [-0.3, -0.25) is 9.59 Å². The van der Waals surface area contributed by atoms with Gasteiger partial charge in [0.2, 0.25) is 0 Å². The molecule has 0 unspecified atom stereocenters. The molecule has 0 atom stereocenters.